The van der Waals surface area contributed by atoms with Crippen LogP contribution in [0.1, 0.15) is 44.9 Å². The highest BCUT2D eigenvalue weighted by Gasteiger charge is 2.38. The Morgan fingerprint density at radius 2 is 1.80 bits per heavy atom. The molecule has 1 saturated carbocycles. The van der Waals surface area contributed by atoms with E-state index in [1.54, 1.807) is 0 Å². The number of halogens is 4. The number of ether oxygens (including phenoxy) is 1. The molecule has 3 rings (SSSR count). The summed E-state index contributed by atoms with van der Waals surface area (Å²) in [6, 6.07) is 4.01. The normalized spacial score (nSPS) is 20.5. The summed E-state index contributed by atoms with van der Waals surface area (Å²) < 4.78 is 68.6. The van der Waals surface area contributed by atoms with Crippen LogP contribution < -0.4 is 9.64 Å². The summed E-state index contributed by atoms with van der Waals surface area (Å²) in [5, 5.41) is 0.412. The van der Waals surface area contributed by atoms with Crippen molar-refractivity contribution in [1.29, 1.82) is 0 Å². The molecule has 10 heteroatoms. The molecule has 2 aliphatic rings. The molecule has 0 atom stereocenters. The number of alkyl halides is 3. The fourth-order valence-electron chi connectivity index (χ4n) is 4.60. The molecule has 1 saturated heterocycles. The van der Waals surface area contributed by atoms with Crippen molar-refractivity contribution >= 4 is 27.4 Å². The van der Waals surface area contributed by atoms with Crippen molar-refractivity contribution < 1.29 is 30.5 Å². The quantitative estimate of drug-likeness (QED) is 0.523. The monoisotopic (exact) mass is 469 g/mol. The van der Waals surface area contributed by atoms with E-state index in [4.69, 9.17) is 15.8 Å². The topological polar surface area (TPSA) is 55.8 Å². The molecule has 170 valence electrons. The predicted octanol–water partition coefficient (Wildman–Crippen LogP) is 5.38. The molecule has 0 unspecified atom stereocenters. The van der Waals surface area contributed by atoms with Gasteiger partial charge in [-0.1, -0.05) is 11.6 Å². The second kappa shape index (κ2) is 9.12. The number of rotatable bonds is 6. The van der Waals surface area contributed by atoms with Crippen LogP contribution >= 0.6 is 11.6 Å². The van der Waals surface area contributed by atoms with Crippen LogP contribution in [0, 0.1) is 11.3 Å². The zero-order valence-corrected chi connectivity index (χ0v) is 18.5. The highest BCUT2D eigenvalue weighted by atomic mass is 35.5. The van der Waals surface area contributed by atoms with Gasteiger partial charge in [0, 0.05) is 19.2 Å². The van der Waals surface area contributed by atoms with Crippen molar-refractivity contribution in [3.63, 3.8) is 0 Å². The van der Waals surface area contributed by atoms with Crippen LogP contribution in [0.5, 0.6) is 5.75 Å². The van der Waals surface area contributed by atoms with Crippen LogP contribution in [0.4, 0.5) is 18.9 Å². The highest BCUT2D eigenvalue weighted by Crippen LogP contribution is 2.48. The molecular weight excluding hydrogens is 443 g/mol. The number of anilines is 1. The third-order valence-corrected chi connectivity index (χ3v) is 7.22. The lowest BCUT2D eigenvalue weighted by Gasteiger charge is -2.46. The molecule has 5 nitrogen and oxygen atoms in total. The molecule has 0 bridgehead atoms. The highest BCUT2D eigenvalue weighted by molar-refractivity contribution is 7.85. The van der Waals surface area contributed by atoms with Crippen LogP contribution in [0.25, 0.3) is 0 Å². The first kappa shape index (κ1) is 23.5. The smallest absolute Gasteiger partial charge is 0.406 e. The molecule has 2 fully saturated rings. The molecule has 1 aromatic rings. The maximum Gasteiger partial charge on any atom is 0.573 e. The van der Waals surface area contributed by atoms with E-state index in [1.165, 1.54) is 18.2 Å². The Bertz CT molecular complexity index is 829. The van der Waals surface area contributed by atoms with Gasteiger partial charge in [0.05, 0.1) is 23.6 Å². The van der Waals surface area contributed by atoms with Crippen molar-refractivity contribution in [2.24, 2.45) is 11.3 Å². The lowest BCUT2D eigenvalue weighted by Crippen LogP contribution is -2.42. The van der Waals surface area contributed by atoms with E-state index in [9.17, 15) is 21.6 Å². The van der Waals surface area contributed by atoms with E-state index in [0.29, 0.717) is 16.6 Å². The van der Waals surface area contributed by atoms with Crippen molar-refractivity contribution in [3.05, 3.63) is 23.2 Å². The Morgan fingerprint density at radius 3 is 2.37 bits per heavy atom. The first-order chi connectivity index (χ1) is 13.9. The zero-order valence-electron chi connectivity index (χ0n) is 16.9. The third kappa shape index (κ3) is 6.65. The number of benzene rings is 1. The summed E-state index contributed by atoms with van der Waals surface area (Å²) in [7, 11) is -3.39. The van der Waals surface area contributed by atoms with Crippen molar-refractivity contribution in [3.8, 4) is 5.75 Å². The van der Waals surface area contributed by atoms with E-state index < -0.39 is 16.5 Å². The molecule has 0 N–H and O–H groups in total. The van der Waals surface area contributed by atoms with Crippen molar-refractivity contribution in [2.45, 2.75) is 51.3 Å². The van der Waals surface area contributed by atoms with Gasteiger partial charge in [0.25, 0.3) is 10.1 Å². The molecule has 0 radical (unpaired) electrons. The molecule has 30 heavy (non-hydrogen) atoms. The SMILES string of the molecule is CS(=O)(=O)OCCC1CCC2(CC1)CCN(c1cc(OC(F)(F)F)ccc1Cl)CC2. The summed E-state index contributed by atoms with van der Waals surface area (Å²) in [6.07, 6.45) is 3.24. The fourth-order valence-corrected chi connectivity index (χ4v) is 5.23. The van der Waals surface area contributed by atoms with Gasteiger partial charge < -0.3 is 9.64 Å². The van der Waals surface area contributed by atoms with Crippen molar-refractivity contribution in [1.82, 2.24) is 0 Å². The second-order valence-electron chi connectivity index (χ2n) is 8.41. The summed E-state index contributed by atoms with van der Waals surface area (Å²) in [5.74, 6) is 0.208. The molecule has 1 heterocycles. The van der Waals surface area contributed by atoms with Crippen LogP contribution in [-0.2, 0) is 14.3 Å². The summed E-state index contributed by atoms with van der Waals surface area (Å²) in [6.45, 7) is 1.70. The molecule has 1 spiro atoms. The van der Waals surface area contributed by atoms with Gasteiger partial charge in [0.15, 0.2) is 0 Å². The van der Waals surface area contributed by atoms with Crippen LogP contribution in [0.15, 0.2) is 18.2 Å². The summed E-state index contributed by atoms with van der Waals surface area (Å²) in [5.41, 5.74) is 0.817. The predicted molar refractivity (Wildman–Crippen MR) is 109 cm³/mol. The minimum Gasteiger partial charge on any atom is -0.406 e. The number of hydrogen-bond acceptors (Lipinski definition) is 5. The lowest BCUT2D eigenvalue weighted by atomic mass is 9.65. The van der Waals surface area contributed by atoms with Gasteiger partial charge >= 0.3 is 6.36 Å². The van der Waals surface area contributed by atoms with Gasteiger partial charge in [-0.2, -0.15) is 8.42 Å². The Hall–Kier alpha value is -1.19. The zero-order chi connectivity index (χ0) is 22.0. The second-order valence-corrected chi connectivity index (χ2v) is 10.5. The number of piperidine rings is 1. The summed E-state index contributed by atoms with van der Waals surface area (Å²) >= 11 is 6.24. The molecule has 1 aliphatic carbocycles. The average Bonchev–Trinajstić information content (AvgIpc) is 2.64. The van der Waals surface area contributed by atoms with E-state index in [0.717, 1.165) is 64.3 Å². The van der Waals surface area contributed by atoms with E-state index >= 15 is 0 Å². The molecule has 1 aromatic carbocycles. The van der Waals surface area contributed by atoms with Crippen LogP contribution in [0.2, 0.25) is 5.02 Å². The fraction of sp³-hybridized carbons (Fsp3) is 0.700. The maximum absolute atomic E-state index is 12.5. The first-order valence-corrected chi connectivity index (χ1v) is 12.3. The third-order valence-electron chi connectivity index (χ3n) is 6.31. The Morgan fingerprint density at radius 1 is 1.17 bits per heavy atom. The van der Waals surface area contributed by atoms with Crippen LogP contribution in [-0.4, -0.2) is 40.7 Å². The lowest BCUT2D eigenvalue weighted by molar-refractivity contribution is -0.274. The molecule has 0 amide bonds. The maximum atomic E-state index is 12.5. The average molecular weight is 470 g/mol. The van der Waals surface area contributed by atoms with Gasteiger partial charge in [0.2, 0.25) is 0 Å². The van der Waals surface area contributed by atoms with Gasteiger partial charge in [0.1, 0.15) is 5.75 Å². The van der Waals surface area contributed by atoms with E-state index in [-0.39, 0.29) is 17.8 Å². The summed E-state index contributed by atoms with van der Waals surface area (Å²) in [4.78, 5) is 2.03. The van der Waals surface area contributed by atoms with Gasteiger partial charge in [-0.25, -0.2) is 0 Å². The van der Waals surface area contributed by atoms with E-state index in [1.807, 2.05) is 4.90 Å². The van der Waals surface area contributed by atoms with Gasteiger partial charge in [-0.15, -0.1) is 13.2 Å². The Labute approximate surface area is 180 Å². The molecule has 1 aliphatic heterocycles. The largest absolute Gasteiger partial charge is 0.573 e. The Balaban J connectivity index is 1.52. The molecule has 0 aromatic heterocycles. The van der Waals surface area contributed by atoms with E-state index in [2.05, 4.69) is 4.74 Å². The minimum absolute atomic E-state index is 0.235. The van der Waals surface area contributed by atoms with Gasteiger partial charge in [-0.05, 0) is 68.4 Å². The Kier molecular flexibility index (Phi) is 7.14. The number of hydrogen-bond donors (Lipinski definition) is 0. The van der Waals surface area contributed by atoms with Gasteiger partial charge in [-0.3, -0.25) is 4.18 Å². The van der Waals surface area contributed by atoms with Crippen LogP contribution in [0.3, 0.4) is 0 Å². The minimum atomic E-state index is -4.73. The molecular formula is C20H27ClF3NO4S. The number of nitrogens with zero attached hydrogens (tertiary/aromatic N) is 1. The van der Waals surface area contributed by atoms with Crippen molar-refractivity contribution in [2.75, 3.05) is 30.9 Å². The standard InChI is InChI=1S/C20H27ClF3NO4S/c1-30(26,27)28-13-6-15-4-7-19(8-5-15)9-11-25(12-10-19)18-14-16(2-3-17(18)21)29-20(22,23)24/h2-3,14-15H,4-13H2,1H3. The first-order valence-electron chi connectivity index (χ1n) is 10.1.